The van der Waals surface area contributed by atoms with Crippen LogP contribution in [0, 0.1) is 11.3 Å². The van der Waals surface area contributed by atoms with E-state index in [1.54, 1.807) is 0 Å². The van der Waals surface area contributed by atoms with Gasteiger partial charge in [0.05, 0.1) is 12.1 Å². The van der Waals surface area contributed by atoms with Crippen molar-refractivity contribution in [2.75, 3.05) is 6.54 Å². The lowest BCUT2D eigenvalue weighted by Crippen LogP contribution is -2.18. The summed E-state index contributed by atoms with van der Waals surface area (Å²) in [6.07, 6.45) is -0.448. The van der Waals surface area contributed by atoms with Crippen molar-refractivity contribution in [3.63, 3.8) is 0 Å². The fourth-order valence-corrected chi connectivity index (χ4v) is 0.791. The second-order valence-corrected chi connectivity index (χ2v) is 1.92. The number of halogens is 1. The molecule has 0 amide bonds. The Labute approximate surface area is 54.7 Å². The van der Waals surface area contributed by atoms with Gasteiger partial charge in [-0.15, -0.1) is 0 Å². The van der Waals surface area contributed by atoms with Crippen LogP contribution >= 0.6 is 0 Å². The molecule has 2 nitrogen and oxygen atoms in total. The SMILES string of the molecule is C.N#C[C@@H]1C[C@H](F)CN1. The van der Waals surface area contributed by atoms with Crippen LogP contribution in [0.25, 0.3) is 0 Å². The molecule has 1 aliphatic rings. The summed E-state index contributed by atoms with van der Waals surface area (Å²) in [7, 11) is 0. The van der Waals surface area contributed by atoms with Crippen LogP contribution in [0.2, 0.25) is 0 Å². The summed E-state index contributed by atoms with van der Waals surface area (Å²) in [5.41, 5.74) is 0. The summed E-state index contributed by atoms with van der Waals surface area (Å²) in [5, 5.41) is 10.9. The molecule has 1 aliphatic heterocycles. The number of nitrogens with zero attached hydrogens (tertiary/aromatic N) is 1. The van der Waals surface area contributed by atoms with Gasteiger partial charge in [0.2, 0.25) is 0 Å². The van der Waals surface area contributed by atoms with E-state index < -0.39 is 6.17 Å². The monoisotopic (exact) mass is 130 g/mol. The number of nitriles is 1. The minimum atomic E-state index is -0.806. The fourth-order valence-electron chi connectivity index (χ4n) is 0.791. The Bertz CT molecular complexity index is 119. The van der Waals surface area contributed by atoms with Crippen LogP contribution < -0.4 is 5.32 Å². The van der Waals surface area contributed by atoms with Crippen molar-refractivity contribution in [3.8, 4) is 6.07 Å². The van der Waals surface area contributed by atoms with Crippen LogP contribution in [0.5, 0.6) is 0 Å². The zero-order valence-electron chi connectivity index (χ0n) is 4.39. The molecule has 0 aromatic rings. The minimum absolute atomic E-state index is 0. The van der Waals surface area contributed by atoms with E-state index >= 15 is 0 Å². The van der Waals surface area contributed by atoms with Gasteiger partial charge in [-0.05, 0) is 0 Å². The number of hydrogen-bond acceptors (Lipinski definition) is 2. The molecule has 0 spiro atoms. The van der Waals surface area contributed by atoms with Crippen LogP contribution in [0.4, 0.5) is 4.39 Å². The summed E-state index contributed by atoms with van der Waals surface area (Å²) in [5.74, 6) is 0. The molecule has 1 N–H and O–H groups in total. The molecule has 0 aromatic carbocycles. The van der Waals surface area contributed by atoms with Gasteiger partial charge >= 0.3 is 0 Å². The highest BCUT2D eigenvalue weighted by atomic mass is 19.1. The third kappa shape index (κ3) is 1.98. The molecule has 0 saturated carbocycles. The topological polar surface area (TPSA) is 35.8 Å². The molecule has 2 atom stereocenters. The highest BCUT2D eigenvalue weighted by molar-refractivity contribution is 4.96. The Hall–Kier alpha value is -0.620. The van der Waals surface area contributed by atoms with Gasteiger partial charge in [-0.3, -0.25) is 5.32 Å². The molecule has 1 heterocycles. The van der Waals surface area contributed by atoms with Gasteiger partial charge in [0.25, 0.3) is 0 Å². The molecule has 0 aliphatic carbocycles. The molecule has 52 valence electrons. The third-order valence-electron chi connectivity index (χ3n) is 1.23. The zero-order valence-corrected chi connectivity index (χ0v) is 4.39. The Morgan fingerprint density at radius 1 is 1.67 bits per heavy atom. The first-order valence-corrected chi connectivity index (χ1v) is 2.60. The molecule has 0 bridgehead atoms. The Kier molecular flexibility index (Phi) is 3.18. The molecule has 1 saturated heterocycles. The second kappa shape index (κ2) is 3.41. The molecule has 3 heteroatoms. The highest BCUT2D eigenvalue weighted by Crippen LogP contribution is 2.07. The fraction of sp³-hybridized carbons (Fsp3) is 0.833. The average molecular weight is 130 g/mol. The van der Waals surface area contributed by atoms with Gasteiger partial charge in [-0.25, -0.2) is 4.39 Å². The lowest BCUT2D eigenvalue weighted by atomic mass is 10.2. The van der Waals surface area contributed by atoms with Crippen molar-refractivity contribution in [2.24, 2.45) is 0 Å². The van der Waals surface area contributed by atoms with E-state index in [-0.39, 0.29) is 13.5 Å². The predicted octanol–water partition coefficient (Wildman–Crippen LogP) is 0.846. The Balaban J connectivity index is 0.000000640. The lowest BCUT2D eigenvalue weighted by Gasteiger charge is -1.91. The van der Waals surface area contributed by atoms with E-state index in [1.807, 2.05) is 6.07 Å². The molecular weight excluding hydrogens is 119 g/mol. The second-order valence-electron chi connectivity index (χ2n) is 1.92. The van der Waals surface area contributed by atoms with Crippen molar-refractivity contribution in [3.05, 3.63) is 0 Å². The molecule has 0 unspecified atom stereocenters. The van der Waals surface area contributed by atoms with Crippen molar-refractivity contribution in [1.29, 1.82) is 5.26 Å². The lowest BCUT2D eigenvalue weighted by molar-refractivity contribution is 0.359. The number of alkyl halides is 1. The van der Waals surface area contributed by atoms with Crippen LogP contribution in [0.15, 0.2) is 0 Å². The number of hydrogen-bond donors (Lipinski definition) is 1. The minimum Gasteiger partial charge on any atom is -0.299 e. The van der Waals surface area contributed by atoms with E-state index in [0.29, 0.717) is 13.0 Å². The van der Waals surface area contributed by atoms with Gasteiger partial charge in [0.1, 0.15) is 6.17 Å². The van der Waals surface area contributed by atoms with Crippen molar-refractivity contribution >= 4 is 0 Å². The quantitative estimate of drug-likeness (QED) is 0.527. The largest absolute Gasteiger partial charge is 0.299 e. The zero-order chi connectivity index (χ0) is 5.98. The highest BCUT2D eigenvalue weighted by Gasteiger charge is 2.22. The van der Waals surface area contributed by atoms with E-state index in [9.17, 15) is 4.39 Å². The van der Waals surface area contributed by atoms with Crippen LogP contribution in [-0.2, 0) is 0 Å². The van der Waals surface area contributed by atoms with Gasteiger partial charge in [-0.2, -0.15) is 5.26 Å². The predicted molar refractivity (Wildman–Crippen MR) is 33.6 cm³/mol. The molecule has 0 aromatic heterocycles. The van der Waals surface area contributed by atoms with Crippen molar-refractivity contribution in [2.45, 2.75) is 26.1 Å². The molecule has 0 radical (unpaired) electrons. The van der Waals surface area contributed by atoms with Crippen LogP contribution in [-0.4, -0.2) is 18.8 Å². The maximum absolute atomic E-state index is 12.1. The summed E-state index contributed by atoms with van der Waals surface area (Å²) in [4.78, 5) is 0. The smallest absolute Gasteiger partial charge is 0.115 e. The standard InChI is InChI=1S/C5H7FN2.CH4/c6-4-1-5(2-7)8-3-4;/h4-5,8H,1,3H2;1H4/t4-,5-;/m0./s1. The van der Waals surface area contributed by atoms with E-state index in [0.717, 1.165) is 0 Å². The maximum atomic E-state index is 12.1. The van der Waals surface area contributed by atoms with Crippen molar-refractivity contribution in [1.82, 2.24) is 5.32 Å². The normalized spacial score (nSPS) is 32.9. The maximum Gasteiger partial charge on any atom is 0.115 e. The van der Waals surface area contributed by atoms with E-state index in [2.05, 4.69) is 5.32 Å². The van der Waals surface area contributed by atoms with E-state index in [1.165, 1.54) is 0 Å². The molecule has 9 heavy (non-hydrogen) atoms. The summed E-state index contributed by atoms with van der Waals surface area (Å²) in [6, 6.07) is 1.70. The third-order valence-corrected chi connectivity index (χ3v) is 1.23. The first-order chi connectivity index (χ1) is 3.83. The van der Waals surface area contributed by atoms with E-state index in [4.69, 9.17) is 5.26 Å². The van der Waals surface area contributed by atoms with Crippen molar-refractivity contribution < 1.29 is 4.39 Å². The summed E-state index contributed by atoms with van der Waals surface area (Å²) in [6.45, 7) is 0.345. The van der Waals surface area contributed by atoms with Gasteiger partial charge in [0.15, 0.2) is 0 Å². The number of rotatable bonds is 0. The molecule has 1 rings (SSSR count). The average Bonchev–Trinajstić information content (AvgIpc) is 2.14. The summed E-state index contributed by atoms with van der Waals surface area (Å²) >= 11 is 0. The number of nitrogens with one attached hydrogen (secondary N) is 1. The van der Waals surface area contributed by atoms with Gasteiger partial charge < -0.3 is 0 Å². The van der Waals surface area contributed by atoms with Crippen LogP contribution in [0.1, 0.15) is 13.8 Å². The first kappa shape index (κ1) is 8.38. The molecule has 1 fully saturated rings. The summed E-state index contributed by atoms with van der Waals surface area (Å²) < 4.78 is 12.1. The molecular formula is C6H11FN2. The first-order valence-electron chi connectivity index (χ1n) is 2.60. The Morgan fingerprint density at radius 3 is 2.56 bits per heavy atom. The van der Waals surface area contributed by atoms with Gasteiger partial charge in [0, 0.05) is 13.0 Å². The van der Waals surface area contributed by atoms with Gasteiger partial charge in [-0.1, -0.05) is 7.43 Å². The Morgan fingerprint density at radius 2 is 2.33 bits per heavy atom. The van der Waals surface area contributed by atoms with Crippen LogP contribution in [0.3, 0.4) is 0 Å².